The van der Waals surface area contributed by atoms with E-state index in [1.165, 1.54) is 0 Å². The van der Waals surface area contributed by atoms with E-state index in [1.54, 1.807) is 21.1 Å². The number of amides is 1. The molecule has 2 aromatic heterocycles. The van der Waals surface area contributed by atoms with Crippen molar-refractivity contribution in [1.82, 2.24) is 20.1 Å². The highest BCUT2D eigenvalue weighted by Crippen LogP contribution is 2.25. The van der Waals surface area contributed by atoms with Crippen molar-refractivity contribution in [3.8, 4) is 23.0 Å². The molecule has 0 saturated heterocycles. The number of hydrogen-bond acceptors (Lipinski definition) is 6. The number of nitrogens with zero attached hydrogens (tertiary/aromatic N) is 3. The minimum absolute atomic E-state index is 0.114. The Balaban J connectivity index is 1.49. The molecule has 8 heteroatoms. The molecule has 30 heavy (non-hydrogen) atoms. The van der Waals surface area contributed by atoms with Gasteiger partial charge in [0, 0.05) is 36.3 Å². The first-order chi connectivity index (χ1) is 14.6. The molecule has 2 heterocycles. The minimum atomic E-state index is -0.114. The highest BCUT2D eigenvalue weighted by Gasteiger charge is 2.12. The minimum Gasteiger partial charge on any atom is -0.497 e. The number of aryl methyl sites for hydroxylation is 1. The number of benzene rings is 2. The Kier molecular flexibility index (Phi) is 5.38. The average molecular weight is 406 g/mol. The number of ether oxygens (including phenoxy) is 2. The maximum Gasteiger partial charge on any atom is 0.247 e. The Bertz CT molecular complexity index is 1200. The average Bonchev–Trinajstić information content (AvgIpc) is 3.38. The number of carbonyl (C=O) groups is 1. The van der Waals surface area contributed by atoms with Gasteiger partial charge in [-0.3, -0.25) is 4.79 Å². The van der Waals surface area contributed by atoms with Crippen LogP contribution in [0.15, 0.2) is 53.1 Å². The summed E-state index contributed by atoms with van der Waals surface area (Å²) in [7, 11) is 3.20. The first kappa shape index (κ1) is 19.5. The number of carbonyl (C=O) groups excluding carboxylic acids is 1. The van der Waals surface area contributed by atoms with E-state index < -0.39 is 0 Å². The Morgan fingerprint density at radius 3 is 2.70 bits per heavy atom. The Morgan fingerprint density at radius 1 is 1.10 bits per heavy atom. The zero-order valence-corrected chi connectivity index (χ0v) is 17.0. The summed E-state index contributed by atoms with van der Waals surface area (Å²) in [5, 5.41) is 11.9. The van der Waals surface area contributed by atoms with Gasteiger partial charge in [0.05, 0.1) is 14.2 Å². The summed E-state index contributed by atoms with van der Waals surface area (Å²) in [4.78, 5) is 12.6. The molecule has 0 unspecified atom stereocenters. The van der Waals surface area contributed by atoms with E-state index in [-0.39, 0.29) is 12.5 Å². The van der Waals surface area contributed by atoms with Crippen molar-refractivity contribution in [3.63, 3.8) is 0 Å². The van der Waals surface area contributed by atoms with E-state index in [4.69, 9.17) is 13.9 Å². The molecule has 0 saturated carbocycles. The molecule has 4 rings (SSSR count). The van der Waals surface area contributed by atoms with Gasteiger partial charge in [0.2, 0.25) is 17.7 Å². The largest absolute Gasteiger partial charge is 0.497 e. The molecule has 0 spiro atoms. The van der Waals surface area contributed by atoms with E-state index >= 15 is 0 Å². The molecule has 0 aliphatic heterocycles. The highest BCUT2D eigenvalue weighted by atomic mass is 16.5. The normalized spacial score (nSPS) is 10.9. The molecule has 0 fully saturated rings. The Labute approximate surface area is 173 Å². The summed E-state index contributed by atoms with van der Waals surface area (Å²) in [6, 6.07) is 13.3. The molecule has 0 aliphatic rings. The molecule has 0 radical (unpaired) electrons. The molecule has 8 nitrogen and oxygen atoms in total. The van der Waals surface area contributed by atoms with Crippen LogP contribution in [0.4, 0.5) is 0 Å². The number of methoxy groups -OCH3 is 2. The van der Waals surface area contributed by atoms with Crippen LogP contribution >= 0.6 is 0 Å². The second-order valence-corrected chi connectivity index (χ2v) is 6.80. The van der Waals surface area contributed by atoms with Crippen LogP contribution in [0.3, 0.4) is 0 Å². The van der Waals surface area contributed by atoms with Crippen LogP contribution in [0.25, 0.3) is 22.4 Å². The van der Waals surface area contributed by atoms with Gasteiger partial charge in [0.25, 0.3) is 0 Å². The van der Waals surface area contributed by atoms with Crippen molar-refractivity contribution in [1.29, 1.82) is 0 Å². The zero-order valence-electron chi connectivity index (χ0n) is 17.0. The molecule has 0 bridgehead atoms. The second-order valence-electron chi connectivity index (χ2n) is 6.80. The van der Waals surface area contributed by atoms with Crippen LogP contribution in [-0.2, 0) is 17.9 Å². The van der Waals surface area contributed by atoms with E-state index in [0.717, 1.165) is 22.0 Å². The van der Waals surface area contributed by atoms with Crippen LogP contribution < -0.4 is 14.8 Å². The molecule has 154 valence electrons. The number of fused-ring (bicyclic) bond motifs is 1. The van der Waals surface area contributed by atoms with Gasteiger partial charge in [-0.25, -0.2) is 0 Å². The maximum absolute atomic E-state index is 12.6. The van der Waals surface area contributed by atoms with Gasteiger partial charge in [-0.15, -0.1) is 10.2 Å². The van der Waals surface area contributed by atoms with Gasteiger partial charge >= 0.3 is 0 Å². The number of aromatic nitrogens is 3. The van der Waals surface area contributed by atoms with Crippen LogP contribution in [0.5, 0.6) is 11.5 Å². The fourth-order valence-electron chi connectivity index (χ4n) is 3.29. The summed E-state index contributed by atoms with van der Waals surface area (Å²) in [5.41, 5.74) is 2.57. The van der Waals surface area contributed by atoms with Crippen molar-refractivity contribution in [2.45, 2.75) is 20.0 Å². The predicted molar refractivity (Wildman–Crippen MR) is 111 cm³/mol. The SMILES string of the molecule is COc1ccc(OC)c(CNC(=O)Cn2ccc3ccc(-c4nnc(C)o4)cc32)c1. The van der Waals surface area contributed by atoms with Gasteiger partial charge in [-0.05, 0) is 41.8 Å². The zero-order chi connectivity index (χ0) is 21.1. The fourth-order valence-corrected chi connectivity index (χ4v) is 3.29. The Morgan fingerprint density at radius 2 is 1.97 bits per heavy atom. The third-order valence-corrected chi connectivity index (χ3v) is 4.82. The van der Waals surface area contributed by atoms with Crippen molar-refractivity contribution in [3.05, 3.63) is 60.1 Å². The van der Waals surface area contributed by atoms with Crippen LogP contribution in [0.2, 0.25) is 0 Å². The predicted octanol–water partition coefficient (Wildman–Crippen LogP) is 3.33. The number of hydrogen-bond donors (Lipinski definition) is 1. The second kappa shape index (κ2) is 8.28. The van der Waals surface area contributed by atoms with Gasteiger partial charge in [-0.2, -0.15) is 0 Å². The molecule has 0 atom stereocenters. The third kappa shape index (κ3) is 3.98. The van der Waals surface area contributed by atoms with Gasteiger partial charge in [-0.1, -0.05) is 6.07 Å². The molecule has 0 aliphatic carbocycles. The first-order valence-corrected chi connectivity index (χ1v) is 9.44. The first-order valence-electron chi connectivity index (χ1n) is 9.44. The monoisotopic (exact) mass is 406 g/mol. The smallest absolute Gasteiger partial charge is 0.247 e. The fraction of sp³-hybridized carbons (Fsp3) is 0.227. The van der Waals surface area contributed by atoms with Crippen molar-refractivity contribution < 1.29 is 18.7 Å². The lowest BCUT2D eigenvalue weighted by molar-refractivity contribution is -0.121. The van der Waals surface area contributed by atoms with E-state index in [0.29, 0.717) is 29.8 Å². The molecular weight excluding hydrogens is 384 g/mol. The van der Waals surface area contributed by atoms with Crippen molar-refractivity contribution in [2.24, 2.45) is 0 Å². The standard InChI is InChI=1S/C22H22N4O4/c1-14-24-25-22(30-14)16-5-4-15-8-9-26(19(15)11-16)13-21(27)23-12-17-10-18(28-2)6-7-20(17)29-3/h4-11H,12-13H2,1-3H3,(H,23,27). The number of rotatable bonds is 7. The molecule has 1 N–H and O–H groups in total. The third-order valence-electron chi connectivity index (χ3n) is 4.82. The summed E-state index contributed by atoms with van der Waals surface area (Å²) in [6.07, 6.45) is 1.89. The Hall–Kier alpha value is -3.81. The summed E-state index contributed by atoms with van der Waals surface area (Å²) in [5.74, 6) is 2.25. The van der Waals surface area contributed by atoms with Gasteiger partial charge in [0.1, 0.15) is 18.0 Å². The lowest BCUT2D eigenvalue weighted by Gasteiger charge is -2.12. The van der Waals surface area contributed by atoms with Crippen LogP contribution in [0.1, 0.15) is 11.5 Å². The summed E-state index contributed by atoms with van der Waals surface area (Å²) < 4.78 is 18.0. The van der Waals surface area contributed by atoms with Gasteiger partial charge in [0.15, 0.2) is 0 Å². The summed E-state index contributed by atoms with van der Waals surface area (Å²) >= 11 is 0. The molecule has 4 aromatic rings. The molecule has 1 amide bonds. The molecular formula is C22H22N4O4. The van der Waals surface area contributed by atoms with E-state index in [9.17, 15) is 4.79 Å². The summed E-state index contributed by atoms with van der Waals surface area (Å²) in [6.45, 7) is 2.27. The van der Waals surface area contributed by atoms with E-state index in [1.807, 2.05) is 53.2 Å². The van der Waals surface area contributed by atoms with E-state index in [2.05, 4.69) is 15.5 Å². The van der Waals surface area contributed by atoms with Crippen LogP contribution in [0, 0.1) is 6.92 Å². The molecule has 2 aromatic carbocycles. The van der Waals surface area contributed by atoms with Crippen molar-refractivity contribution >= 4 is 16.8 Å². The van der Waals surface area contributed by atoms with Crippen molar-refractivity contribution in [2.75, 3.05) is 14.2 Å². The lowest BCUT2D eigenvalue weighted by Crippen LogP contribution is -2.27. The quantitative estimate of drug-likeness (QED) is 0.506. The highest BCUT2D eigenvalue weighted by molar-refractivity contribution is 5.86. The number of nitrogens with one attached hydrogen (secondary N) is 1. The topological polar surface area (TPSA) is 91.4 Å². The maximum atomic E-state index is 12.6. The van der Waals surface area contributed by atoms with Gasteiger partial charge < -0.3 is 23.8 Å². The lowest BCUT2D eigenvalue weighted by atomic mass is 10.1. The van der Waals surface area contributed by atoms with Crippen LogP contribution in [-0.4, -0.2) is 34.9 Å².